The Morgan fingerprint density at radius 2 is 1.86 bits per heavy atom. The minimum Gasteiger partial charge on any atom is -0.469 e. The van der Waals surface area contributed by atoms with Gasteiger partial charge in [-0.05, 0) is 11.1 Å². The zero-order valence-corrected chi connectivity index (χ0v) is 12.9. The molecule has 1 aromatic rings. The number of methoxy groups -OCH3 is 1. The van der Waals surface area contributed by atoms with Crippen LogP contribution in [0.25, 0.3) is 0 Å². The fourth-order valence-corrected chi connectivity index (χ4v) is 2.42. The second-order valence-electron chi connectivity index (χ2n) is 4.45. The Kier molecular flexibility index (Phi) is 6.76. The standard InChI is InChI=1S/C13H20N2O5S/c1-15(8-7-13(17)20-2)21(18,19)14-9-11-3-5-12(10-16)6-4-11/h3-6,14,16H,7-10H2,1-2H3. The van der Waals surface area contributed by atoms with E-state index in [1.54, 1.807) is 24.3 Å². The number of carbonyl (C=O) groups is 1. The van der Waals surface area contributed by atoms with Crippen LogP contribution in [0.2, 0.25) is 0 Å². The van der Waals surface area contributed by atoms with Crippen LogP contribution in [0.1, 0.15) is 17.5 Å². The quantitative estimate of drug-likeness (QED) is 0.659. The number of aliphatic hydroxyl groups excluding tert-OH is 1. The van der Waals surface area contributed by atoms with E-state index in [2.05, 4.69) is 9.46 Å². The minimum absolute atomic E-state index is 0.000886. The monoisotopic (exact) mass is 316 g/mol. The molecule has 21 heavy (non-hydrogen) atoms. The predicted molar refractivity (Wildman–Crippen MR) is 77.4 cm³/mol. The second kappa shape index (κ2) is 8.08. The average Bonchev–Trinajstić information content (AvgIpc) is 2.50. The van der Waals surface area contributed by atoms with Crippen LogP contribution in [-0.4, -0.2) is 44.5 Å². The molecule has 0 amide bonds. The summed E-state index contributed by atoms with van der Waals surface area (Å²) >= 11 is 0. The van der Waals surface area contributed by atoms with Crippen molar-refractivity contribution in [3.63, 3.8) is 0 Å². The molecule has 1 aromatic carbocycles. The molecular weight excluding hydrogens is 296 g/mol. The number of benzene rings is 1. The summed E-state index contributed by atoms with van der Waals surface area (Å²) in [7, 11) is -1.01. The lowest BCUT2D eigenvalue weighted by Gasteiger charge is -2.17. The summed E-state index contributed by atoms with van der Waals surface area (Å²) in [4.78, 5) is 11.0. The van der Waals surface area contributed by atoms with Gasteiger partial charge in [0.2, 0.25) is 0 Å². The van der Waals surface area contributed by atoms with Crippen molar-refractivity contribution in [3.8, 4) is 0 Å². The van der Waals surface area contributed by atoms with Gasteiger partial charge in [0.1, 0.15) is 0 Å². The molecule has 118 valence electrons. The molecule has 0 aromatic heterocycles. The maximum atomic E-state index is 12.0. The molecule has 0 aliphatic heterocycles. The molecule has 2 N–H and O–H groups in total. The molecule has 0 aliphatic rings. The molecule has 0 radical (unpaired) electrons. The molecule has 8 heteroatoms. The largest absolute Gasteiger partial charge is 0.469 e. The molecule has 0 aliphatic carbocycles. The van der Waals surface area contributed by atoms with Gasteiger partial charge < -0.3 is 9.84 Å². The van der Waals surface area contributed by atoms with E-state index < -0.39 is 16.2 Å². The normalized spacial score (nSPS) is 11.6. The number of ether oxygens (including phenoxy) is 1. The molecule has 0 unspecified atom stereocenters. The summed E-state index contributed by atoms with van der Waals surface area (Å²) in [6.45, 7) is 0.129. The average molecular weight is 316 g/mol. The first-order valence-corrected chi connectivity index (χ1v) is 7.79. The van der Waals surface area contributed by atoms with Crippen LogP contribution in [-0.2, 0) is 32.9 Å². The summed E-state index contributed by atoms with van der Waals surface area (Å²) in [5, 5.41) is 8.93. The highest BCUT2D eigenvalue weighted by atomic mass is 32.2. The van der Waals surface area contributed by atoms with Crippen molar-refractivity contribution in [3.05, 3.63) is 35.4 Å². The van der Waals surface area contributed by atoms with Crippen molar-refractivity contribution in [2.75, 3.05) is 20.7 Å². The van der Waals surface area contributed by atoms with Gasteiger partial charge in [-0.15, -0.1) is 0 Å². The zero-order valence-electron chi connectivity index (χ0n) is 12.1. The van der Waals surface area contributed by atoms with Crippen molar-refractivity contribution in [2.45, 2.75) is 19.6 Å². The van der Waals surface area contributed by atoms with E-state index in [4.69, 9.17) is 5.11 Å². The number of carbonyl (C=O) groups excluding carboxylic acids is 1. The van der Waals surface area contributed by atoms with E-state index in [1.165, 1.54) is 14.2 Å². The predicted octanol–water partition coefficient (Wildman–Crippen LogP) is 0.00820. The van der Waals surface area contributed by atoms with E-state index >= 15 is 0 Å². The summed E-state index contributed by atoms with van der Waals surface area (Å²) in [6.07, 6.45) is -0.000886. The summed E-state index contributed by atoms with van der Waals surface area (Å²) in [6, 6.07) is 6.93. The highest BCUT2D eigenvalue weighted by Crippen LogP contribution is 2.05. The van der Waals surface area contributed by atoms with Crippen LogP contribution in [0, 0.1) is 0 Å². The maximum absolute atomic E-state index is 12.0. The van der Waals surface area contributed by atoms with Gasteiger partial charge in [0.25, 0.3) is 10.2 Å². The van der Waals surface area contributed by atoms with Gasteiger partial charge in [-0.1, -0.05) is 24.3 Å². The molecule has 0 saturated heterocycles. The van der Waals surface area contributed by atoms with Gasteiger partial charge in [-0.25, -0.2) is 0 Å². The molecule has 7 nitrogen and oxygen atoms in total. The SMILES string of the molecule is COC(=O)CCN(C)S(=O)(=O)NCc1ccc(CO)cc1. The summed E-state index contributed by atoms with van der Waals surface area (Å²) in [5.74, 6) is -0.461. The van der Waals surface area contributed by atoms with Gasteiger partial charge in [-0.3, -0.25) is 4.79 Å². The Morgan fingerprint density at radius 1 is 1.29 bits per heavy atom. The Hall–Kier alpha value is -1.48. The number of aliphatic hydroxyl groups is 1. The maximum Gasteiger partial charge on any atom is 0.306 e. The topological polar surface area (TPSA) is 95.9 Å². The van der Waals surface area contributed by atoms with Gasteiger partial charge in [0.15, 0.2) is 0 Å². The van der Waals surface area contributed by atoms with Crippen molar-refractivity contribution < 1.29 is 23.1 Å². The van der Waals surface area contributed by atoms with Gasteiger partial charge in [0, 0.05) is 20.1 Å². The molecule has 0 saturated carbocycles. The van der Waals surface area contributed by atoms with Crippen LogP contribution in [0.5, 0.6) is 0 Å². The first-order valence-electron chi connectivity index (χ1n) is 6.35. The molecule has 0 atom stereocenters. The Labute approximate surface area is 124 Å². The lowest BCUT2D eigenvalue weighted by molar-refractivity contribution is -0.140. The van der Waals surface area contributed by atoms with E-state index in [-0.39, 0.29) is 26.1 Å². The van der Waals surface area contributed by atoms with Crippen molar-refractivity contribution in [1.82, 2.24) is 9.03 Å². The first-order chi connectivity index (χ1) is 9.89. The van der Waals surface area contributed by atoms with E-state index in [0.717, 1.165) is 15.4 Å². The first kappa shape index (κ1) is 17.6. The molecule has 0 fully saturated rings. The Bertz CT molecular complexity index is 556. The second-order valence-corrected chi connectivity index (χ2v) is 6.31. The molecule has 0 bridgehead atoms. The smallest absolute Gasteiger partial charge is 0.306 e. The number of esters is 1. The molecule has 0 heterocycles. The lowest BCUT2D eigenvalue weighted by Crippen LogP contribution is -2.38. The molecular formula is C13H20N2O5S. The Balaban J connectivity index is 2.52. The number of nitrogens with one attached hydrogen (secondary N) is 1. The van der Waals surface area contributed by atoms with Gasteiger partial charge >= 0.3 is 5.97 Å². The van der Waals surface area contributed by atoms with Gasteiger partial charge in [0.05, 0.1) is 20.1 Å². The number of nitrogens with zero attached hydrogens (tertiary/aromatic N) is 1. The highest BCUT2D eigenvalue weighted by Gasteiger charge is 2.18. The highest BCUT2D eigenvalue weighted by molar-refractivity contribution is 7.87. The Morgan fingerprint density at radius 3 is 2.38 bits per heavy atom. The summed E-state index contributed by atoms with van der Waals surface area (Å²) < 4.78 is 31.9. The van der Waals surface area contributed by atoms with Crippen LogP contribution in [0.3, 0.4) is 0 Å². The van der Waals surface area contributed by atoms with Crippen LogP contribution >= 0.6 is 0 Å². The van der Waals surface area contributed by atoms with Crippen molar-refractivity contribution >= 4 is 16.2 Å². The number of hydrogen-bond donors (Lipinski definition) is 2. The third kappa shape index (κ3) is 5.80. The fraction of sp³-hybridized carbons (Fsp3) is 0.462. The van der Waals surface area contributed by atoms with Crippen LogP contribution in [0.15, 0.2) is 24.3 Å². The van der Waals surface area contributed by atoms with E-state index in [0.29, 0.717) is 0 Å². The van der Waals surface area contributed by atoms with E-state index in [1.807, 2.05) is 0 Å². The van der Waals surface area contributed by atoms with Crippen LogP contribution < -0.4 is 4.72 Å². The third-order valence-electron chi connectivity index (χ3n) is 2.93. The summed E-state index contributed by atoms with van der Waals surface area (Å²) in [5.41, 5.74) is 1.54. The third-order valence-corrected chi connectivity index (χ3v) is 4.45. The van der Waals surface area contributed by atoms with Crippen LogP contribution in [0.4, 0.5) is 0 Å². The zero-order chi connectivity index (χ0) is 15.9. The fourth-order valence-electron chi connectivity index (χ4n) is 1.52. The minimum atomic E-state index is -3.65. The molecule has 0 spiro atoms. The number of hydrogen-bond acceptors (Lipinski definition) is 5. The lowest BCUT2D eigenvalue weighted by atomic mass is 10.1. The van der Waals surface area contributed by atoms with Crippen molar-refractivity contribution in [2.24, 2.45) is 0 Å². The molecule has 1 rings (SSSR count). The number of rotatable bonds is 8. The van der Waals surface area contributed by atoms with Gasteiger partial charge in [-0.2, -0.15) is 17.4 Å². The van der Waals surface area contributed by atoms with Crippen molar-refractivity contribution in [1.29, 1.82) is 0 Å². The van der Waals surface area contributed by atoms with E-state index in [9.17, 15) is 13.2 Å².